The first kappa shape index (κ1) is 28.5. The fraction of sp³-hybridized carbons (Fsp3) is 0.200. The number of halogens is 2. The summed E-state index contributed by atoms with van der Waals surface area (Å²) in [6.45, 7) is -0.243. The van der Waals surface area contributed by atoms with E-state index in [-0.39, 0.29) is 23.2 Å². The van der Waals surface area contributed by atoms with Crippen LogP contribution in [0.5, 0.6) is 0 Å². The summed E-state index contributed by atoms with van der Waals surface area (Å²) in [6, 6.07) is 21.0. The van der Waals surface area contributed by atoms with Crippen molar-refractivity contribution in [3.63, 3.8) is 0 Å². The minimum absolute atomic E-state index is 0.243. The number of fused-ring (bicyclic) bond motifs is 2. The Morgan fingerprint density at radius 3 is 2.12 bits per heavy atom. The highest BCUT2D eigenvalue weighted by molar-refractivity contribution is 8.00. The molecule has 3 amide bonds. The fourth-order valence-electron chi connectivity index (χ4n) is 5.32. The topological polar surface area (TPSA) is 91.7 Å². The first-order chi connectivity index (χ1) is 20.1. The van der Waals surface area contributed by atoms with Gasteiger partial charge in [0.1, 0.15) is 11.8 Å². The van der Waals surface area contributed by atoms with Gasteiger partial charge >= 0.3 is 4.87 Å². The van der Waals surface area contributed by atoms with E-state index in [4.69, 9.17) is 23.2 Å². The van der Waals surface area contributed by atoms with E-state index in [2.05, 4.69) is 5.32 Å². The van der Waals surface area contributed by atoms with Crippen LogP contribution in [-0.4, -0.2) is 41.6 Å². The summed E-state index contributed by atoms with van der Waals surface area (Å²) in [7, 11) is 3.87. The maximum Gasteiger partial charge on any atom is 0.308 e. The van der Waals surface area contributed by atoms with Gasteiger partial charge in [-0.05, 0) is 66.2 Å². The number of nitrogens with one attached hydrogen (secondary N) is 1. The molecule has 8 nitrogen and oxygen atoms in total. The van der Waals surface area contributed by atoms with Crippen LogP contribution in [0.2, 0.25) is 10.0 Å². The summed E-state index contributed by atoms with van der Waals surface area (Å²) in [5, 5.41) is 3.57. The summed E-state index contributed by atoms with van der Waals surface area (Å²) in [4.78, 5) is 57.7. The van der Waals surface area contributed by atoms with E-state index >= 15 is 0 Å². The molecule has 42 heavy (non-hydrogen) atoms. The number of benzene rings is 3. The Bertz CT molecular complexity index is 1750. The van der Waals surface area contributed by atoms with Crippen molar-refractivity contribution in [1.82, 2.24) is 4.57 Å². The molecule has 12 heteroatoms. The number of carbonyl (C=O) groups excluding carboxylic acids is 3. The summed E-state index contributed by atoms with van der Waals surface area (Å²) < 4.78 is 1.40. The van der Waals surface area contributed by atoms with Gasteiger partial charge in [0.2, 0.25) is 17.7 Å². The van der Waals surface area contributed by atoms with Crippen molar-refractivity contribution in [3.05, 3.63) is 103 Å². The zero-order valence-corrected chi connectivity index (χ0v) is 25.6. The molecule has 3 aromatic carbocycles. The van der Waals surface area contributed by atoms with Crippen LogP contribution in [0.1, 0.15) is 16.4 Å². The molecule has 6 rings (SSSR count). The standard InChI is InChI=1S/C30H24Cl2N4O4S2/c1-34(2)20-11-3-16(4-12-20)23-24-25(28(39)36(27(24)38)21-13-7-18(32)8-14-21)41-29-26(23)42-30(40)35(29)15-22(37)33-19-9-5-17(31)6-10-19/h3-14,23-25H,15H2,1-2H3,(H,33,37). The van der Waals surface area contributed by atoms with E-state index in [9.17, 15) is 19.2 Å². The van der Waals surface area contributed by atoms with Crippen molar-refractivity contribution < 1.29 is 14.4 Å². The molecular weight excluding hydrogens is 615 g/mol. The van der Waals surface area contributed by atoms with Crippen molar-refractivity contribution in [2.75, 3.05) is 29.2 Å². The number of rotatable bonds is 6. The second kappa shape index (κ2) is 11.3. The largest absolute Gasteiger partial charge is 0.378 e. The molecule has 2 aliphatic heterocycles. The smallest absolute Gasteiger partial charge is 0.308 e. The number of aromatic nitrogens is 1. The van der Waals surface area contributed by atoms with Crippen molar-refractivity contribution in [1.29, 1.82) is 0 Å². The van der Waals surface area contributed by atoms with E-state index < -0.39 is 23.0 Å². The monoisotopic (exact) mass is 638 g/mol. The highest BCUT2D eigenvalue weighted by Crippen LogP contribution is 2.54. The van der Waals surface area contributed by atoms with E-state index in [1.54, 1.807) is 48.5 Å². The molecule has 1 saturated heterocycles. The minimum Gasteiger partial charge on any atom is -0.378 e. The molecule has 3 heterocycles. The Labute approximate surface area is 259 Å². The second-order valence-corrected chi connectivity index (χ2v) is 13.2. The minimum atomic E-state index is -0.779. The third-order valence-corrected chi connectivity index (χ3v) is 10.4. The van der Waals surface area contributed by atoms with Crippen LogP contribution in [0.15, 0.2) is 82.6 Å². The maximum atomic E-state index is 14.0. The van der Waals surface area contributed by atoms with Crippen LogP contribution in [0, 0.1) is 5.92 Å². The van der Waals surface area contributed by atoms with Gasteiger partial charge in [0.05, 0.1) is 16.6 Å². The van der Waals surface area contributed by atoms with Crippen molar-refractivity contribution >= 4 is 81.1 Å². The first-order valence-corrected chi connectivity index (χ1v) is 15.4. The first-order valence-electron chi connectivity index (χ1n) is 13.0. The van der Waals surface area contributed by atoms with Crippen molar-refractivity contribution in [3.8, 4) is 0 Å². The van der Waals surface area contributed by atoms with Gasteiger partial charge < -0.3 is 10.2 Å². The molecule has 0 bridgehead atoms. The van der Waals surface area contributed by atoms with Crippen LogP contribution in [-0.2, 0) is 20.9 Å². The molecule has 1 aromatic heterocycles. The zero-order valence-electron chi connectivity index (χ0n) is 22.4. The molecule has 3 unspecified atom stereocenters. The number of thioether (sulfide) groups is 1. The van der Waals surface area contributed by atoms with Crippen LogP contribution >= 0.6 is 46.3 Å². The third kappa shape index (κ3) is 5.13. The summed E-state index contributed by atoms with van der Waals surface area (Å²) >= 11 is 14.2. The molecule has 3 atom stereocenters. The fourth-order valence-corrected chi connectivity index (χ4v) is 8.34. The average molecular weight is 640 g/mol. The van der Waals surface area contributed by atoms with E-state index in [0.717, 1.165) is 22.6 Å². The lowest BCUT2D eigenvalue weighted by molar-refractivity contribution is -0.122. The number of amides is 3. The van der Waals surface area contributed by atoms with Crippen molar-refractivity contribution in [2.45, 2.75) is 22.7 Å². The van der Waals surface area contributed by atoms with E-state index in [1.165, 1.54) is 21.2 Å². The van der Waals surface area contributed by atoms with E-state index in [0.29, 0.717) is 31.3 Å². The number of imide groups is 1. The maximum absolute atomic E-state index is 14.0. The summed E-state index contributed by atoms with van der Waals surface area (Å²) in [6.07, 6.45) is 0. The SMILES string of the molecule is CN(C)c1ccc(C2c3sc(=O)n(CC(=O)Nc4ccc(Cl)cc4)c3SC3C(=O)N(c4ccc(Cl)cc4)C(=O)C32)cc1. The van der Waals surface area contributed by atoms with E-state index in [1.807, 2.05) is 43.3 Å². The number of nitrogens with zero attached hydrogens (tertiary/aromatic N) is 3. The molecule has 4 aromatic rings. The number of anilines is 3. The molecule has 214 valence electrons. The highest BCUT2D eigenvalue weighted by Gasteiger charge is 2.56. The normalized spacial score (nSPS) is 19.4. The Hall–Kier alpha value is -3.57. The summed E-state index contributed by atoms with van der Waals surface area (Å²) in [5.41, 5.74) is 2.77. The Morgan fingerprint density at radius 1 is 0.881 bits per heavy atom. The molecule has 1 fully saturated rings. The number of carbonyl (C=O) groups is 3. The number of hydrogen-bond acceptors (Lipinski definition) is 7. The number of hydrogen-bond donors (Lipinski definition) is 1. The number of thiazole rings is 1. The molecule has 0 aliphatic carbocycles. The van der Waals surface area contributed by atoms with Gasteiger partial charge in [-0.25, -0.2) is 4.90 Å². The van der Waals surface area contributed by atoms with Gasteiger partial charge in [0, 0.05) is 46.3 Å². The van der Waals surface area contributed by atoms with Gasteiger partial charge in [-0.1, -0.05) is 58.4 Å². The van der Waals surface area contributed by atoms with Crippen LogP contribution < -0.4 is 20.0 Å². The lowest BCUT2D eigenvalue weighted by Gasteiger charge is -2.31. The molecule has 0 saturated carbocycles. The van der Waals surface area contributed by atoms with Gasteiger partial charge in [-0.15, -0.1) is 0 Å². The zero-order chi connectivity index (χ0) is 29.7. The van der Waals surface area contributed by atoms with Crippen LogP contribution in [0.3, 0.4) is 0 Å². The van der Waals surface area contributed by atoms with Gasteiger partial charge in [0.25, 0.3) is 0 Å². The molecule has 1 N–H and O–H groups in total. The predicted molar refractivity (Wildman–Crippen MR) is 168 cm³/mol. The Balaban J connectivity index is 1.41. The Morgan fingerprint density at radius 2 is 1.50 bits per heavy atom. The Kier molecular flexibility index (Phi) is 7.65. The quantitative estimate of drug-likeness (QED) is 0.272. The van der Waals surface area contributed by atoms with Crippen LogP contribution in [0.25, 0.3) is 0 Å². The predicted octanol–water partition coefficient (Wildman–Crippen LogP) is 5.72. The highest BCUT2D eigenvalue weighted by atomic mass is 35.5. The molecule has 0 spiro atoms. The lowest BCUT2D eigenvalue weighted by atomic mass is 9.83. The van der Waals surface area contributed by atoms with Crippen molar-refractivity contribution in [2.24, 2.45) is 5.92 Å². The molecular formula is C30H24Cl2N4O4S2. The van der Waals surface area contributed by atoms with Gasteiger partial charge in [-0.2, -0.15) is 0 Å². The molecule has 2 aliphatic rings. The van der Waals surface area contributed by atoms with Crippen LogP contribution in [0.4, 0.5) is 17.1 Å². The lowest BCUT2D eigenvalue weighted by Crippen LogP contribution is -2.33. The average Bonchev–Trinajstić information content (AvgIpc) is 3.41. The third-order valence-electron chi connectivity index (χ3n) is 7.33. The van der Waals surface area contributed by atoms with Gasteiger partial charge in [0.15, 0.2) is 0 Å². The van der Waals surface area contributed by atoms with Gasteiger partial charge in [-0.3, -0.25) is 23.7 Å². The summed E-state index contributed by atoms with van der Waals surface area (Å²) in [5.74, 6) is -2.38. The molecule has 0 radical (unpaired) electrons. The second-order valence-electron chi connectivity index (χ2n) is 10.2.